The van der Waals surface area contributed by atoms with E-state index < -0.39 is 0 Å². The highest BCUT2D eigenvalue weighted by Crippen LogP contribution is 2.28. The molecule has 0 radical (unpaired) electrons. The molecule has 27 heavy (non-hydrogen) atoms. The third kappa shape index (κ3) is 6.51. The predicted molar refractivity (Wildman–Crippen MR) is 103 cm³/mol. The van der Waals surface area contributed by atoms with E-state index in [1.165, 1.54) is 6.08 Å². The first-order valence-electron chi connectivity index (χ1n) is 9.20. The lowest BCUT2D eigenvalue weighted by Gasteiger charge is -2.28. The maximum atomic E-state index is 12.1. The van der Waals surface area contributed by atoms with Crippen molar-refractivity contribution in [3.05, 3.63) is 29.8 Å². The molecule has 0 spiro atoms. The number of methoxy groups -OCH3 is 2. The van der Waals surface area contributed by atoms with Gasteiger partial charge in [-0.15, -0.1) is 0 Å². The van der Waals surface area contributed by atoms with Crippen LogP contribution in [0.4, 0.5) is 4.79 Å². The molecule has 0 aliphatic heterocycles. The number of esters is 1. The van der Waals surface area contributed by atoms with Gasteiger partial charge < -0.3 is 24.8 Å². The summed E-state index contributed by atoms with van der Waals surface area (Å²) in [6.07, 6.45) is 6.08. The molecule has 2 amide bonds. The van der Waals surface area contributed by atoms with Gasteiger partial charge in [0.1, 0.15) is 6.10 Å². The molecule has 1 aliphatic carbocycles. The summed E-state index contributed by atoms with van der Waals surface area (Å²) in [5.41, 5.74) is 0.819. The summed E-state index contributed by atoms with van der Waals surface area (Å²) in [5, 5.41) is 5.66. The van der Waals surface area contributed by atoms with Crippen molar-refractivity contribution in [2.75, 3.05) is 20.8 Å². The highest BCUT2D eigenvalue weighted by molar-refractivity contribution is 5.87. The smallest absolute Gasteiger partial charge is 0.331 e. The van der Waals surface area contributed by atoms with Gasteiger partial charge in [-0.1, -0.05) is 6.07 Å². The minimum Gasteiger partial charge on any atom is -0.493 e. The Balaban J connectivity index is 1.79. The molecule has 0 unspecified atom stereocenters. The Hall–Kier alpha value is -2.70. The zero-order valence-electron chi connectivity index (χ0n) is 16.1. The molecule has 7 nitrogen and oxygen atoms in total. The van der Waals surface area contributed by atoms with E-state index in [-0.39, 0.29) is 24.1 Å². The first kappa shape index (κ1) is 20.6. The molecule has 2 rings (SSSR count). The lowest BCUT2D eigenvalue weighted by atomic mass is 9.93. The molecule has 0 bridgehead atoms. The van der Waals surface area contributed by atoms with E-state index >= 15 is 0 Å². The van der Waals surface area contributed by atoms with E-state index in [0.29, 0.717) is 18.0 Å². The number of carbonyl (C=O) groups is 2. The third-order valence-corrected chi connectivity index (χ3v) is 4.45. The van der Waals surface area contributed by atoms with Crippen molar-refractivity contribution in [3.8, 4) is 11.5 Å². The second-order valence-corrected chi connectivity index (χ2v) is 6.36. The molecule has 0 heterocycles. The average molecular weight is 376 g/mol. The Bertz CT molecular complexity index is 666. The van der Waals surface area contributed by atoms with E-state index in [0.717, 1.165) is 31.2 Å². The number of hydrogen-bond donors (Lipinski definition) is 2. The van der Waals surface area contributed by atoms with Gasteiger partial charge in [0.2, 0.25) is 0 Å². The first-order chi connectivity index (χ1) is 13.0. The van der Waals surface area contributed by atoms with Gasteiger partial charge in [0, 0.05) is 18.7 Å². The Morgan fingerprint density at radius 1 is 1.11 bits per heavy atom. The molecule has 148 valence electrons. The monoisotopic (exact) mass is 376 g/mol. The minimum absolute atomic E-state index is 0.111. The summed E-state index contributed by atoms with van der Waals surface area (Å²) >= 11 is 0. The van der Waals surface area contributed by atoms with E-state index in [9.17, 15) is 9.59 Å². The van der Waals surface area contributed by atoms with Crippen molar-refractivity contribution >= 4 is 18.1 Å². The molecule has 7 heteroatoms. The molecule has 1 aliphatic rings. The molecule has 0 atom stereocenters. The van der Waals surface area contributed by atoms with Gasteiger partial charge in [0.05, 0.1) is 14.2 Å². The van der Waals surface area contributed by atoms with Crippen LogP contribution in [-0.4, -0.2) is 44.9 Å². The van der Waals surface area contributed by atoms with Crippen LogP contribution in [0.5, 0.6) is 11.5 Å². The van der Waals surface area contributed by atoms with Gasteiger partial charge in [-0.3, -0.25) is 0 Å². The Morgan fingerprint density at radius 3 is 2.44 bits per heavy atom. The number of carbonyl (C=O) groups excluding carboxylic acids is 2. The summed E-state index contributed by atoms with van der Waals surface area (Å²) in [5.74, 6) is 0.867. The number of ether oxygens (including phenoxy) is 3. The number of urea groups is 1. The summed E-state index contributed by atoms with van der Waals surface area (Å²) < 4.78 is 15.9. The zero-order valence-corrected chi connectivity index (χ0v) is 16.1. The Kier molecular flexibility index (Phi) is 7.98. The highest BCUT2D eigenvalue weighted by Gasteiger charge is 2.24. The molecular weight excluding hydrogens is 348 g/mol. The van der Waals surface area contributed by atoms with Crippen molar-refractivity contribution in [2.24, 2.45) is 0 Å². The normalized spacial score (nSPS) is 19.4. The van der Waals surface area contributed by atoms with Crippen LogP contribution in [-0.2, 0) is 9.53 Å². The van der Waals surface area contributed by atoms with Crippen molar-refractivity contribution in [1.29, 1.82) is 0 Å². The molecule has 1 fully saturated rings. The van der Waals surface area contributed by atoms with Crippen molar-refractivity contribution in [3.63, 3.8) is 0 Å². The zero-order chi connectivity index (χ0) is 19.6. The SMILES string of the molecule is CCNC(=O)NC1CCC(OC(=O)C=Cc2ccc(OC)c(OC)c2)CC1. The van der Waals surface area contributed by atoms with Crippen LogP contribution in [0.2, 0.25) is 0 Å². The van der Waals surface area contributed by atoms with Gasteiger partial charge in [0.25, 0.3) is 0 Å². The van der Waals surface area contributed by atoms with Crippen LogP contribution in [0.15, 0.2) is 24.3 Å². The van der Waals surface area contributed by atoms with E-state index in [1.54, 1.807) is 32.4 Å². The molecule has 1 aromatic rings. The fraction of sp³-hybridized carbons (Fsp3) is 0.500. The molecule has 2 N–H and O–H groups in total. The Labute approximate surface area is 160 Å². The topological polar surface area (TPSA) is 85.9 Å². The van der Waals surface area contributed by atoms with Crippen LogP contribution in [0.25, 0.3) is 6.08 Å². The molecular formula is C20H28N2O5. The van der Waals surface area contributed by atoms with Crippen LogP contribution in [0, 0.1) is 0 Å². The van der Waals surface area contributed by atoms with Gasteiger partial charge in [0.15, 0.2) is 11.5 Å². The van der Waals surface area contributed by atoms with Crippen LogP contribution >= 0.6 is 0 Å². The predicted octanol–water partition coefficient (Wildman–Crippen LogP) is 2.89. The summed E-state index contributed by atoms with van der Waals surface area (Å²) in [6, 6.07) is 5.40. The second kappa shape index (κ2) is 10.4. The van der Waals surface area contributed by atoms with Crippen LogP contribution in [0.1, 0.15) is 38.2 Å². The first-order valence-corrected chi connectivity index (χ1v) is 9.20. The lowest BCUT2D eigenvalue weighted by Crippen LogP contribution is -2.44. The van der Waals surface area contributed by atoms with Crippen LogP contribution < -0.4 is 20.1 Å². The second-order valence-electron chi connectivity index (χ2n) is 6.36. The number of hydrogen-bond acceptors (Lipinski definition) is 5. The maximum absolute atomic E-state index is 12.1. The number of benzene rings is 1. The van der Waals surface area contributed by atoms with Crippen LogP contribution in [0.3, 0.4) is 0 Å². The summed E-state index contributed by atoms with van der Waals surface area (Å²) in [4.78, 5) is 23.6. The summed E-state index contributed by atoms with van der Waals surface area (Å²) in [7, 11) is 3.14. The largest absolute Gasteiger partial charge is 0.493 e. The average Bonchev–Trinajstić information content (AvgIpc) is 2.67. The fourth-order valence-electron chi connectivity index (χ4n) is 3.05. The van der Waals surface area contributed by atoms with Crippen molar-refractivity contribution in [1.82, 2.24) is 10.6 Å². The number of rotatable bonds is 7. The van der Waals surface area contributed by atoms with Gasteiger partial charge in [-0.05, 0) is 56.4 Å². The Morgan fingerprint density at radius 2 is 1.81 bits per heavy atom. The van der Waals surface area contributed by atoms with Crippen molar-refractivity contribution in [2.45, 2.75) is 44.8 Å². The molecule has 1 saturated carbocycles. The quantitative estimate of drug-likeness (QED) is 0.564. The maximum Gasteiger partial charge on any atom is 0.331 e. The third-order valence-electron chi connectivity index (χ3n) is 4.45. The van der Waals surface area contributed by atoms with Gasteiger partial charge >= 0.3 is 12.0 Å². The molecule has 0 saturated heterocycles. The van der Waals surface area contributed by atoms with E-state index in [4.69, 9.17) is 14.2 Å². The van der Waals surface area contributed by atoms with Gasteiger partial charge in [-0.25, -0.2) is 9.59 Å². The fourth-order valence-corrected chi connectivity index (χ4v) is 3.05. The van der Waals surface area contributed by atoms with E-state index in [2.05, 4.69) is 10.6 Å². The van der Waals surface area contributed by atoms with Crippen molar-refractivity contribution < 1.29 is 23.8 Å². The standard InChI is InChI=1S/C20H28N2O5/c1-4-21-20(24)22-15-7-9-16(10-8-15)27-19(23)12-6-14-5-11-17(25-2)18(13-14)26-3/h5-6,11-13,15-16H,4,7-10H2,1-3H3,(H2,21,22,24). The van der Waals surface area contributed by atoms with E-state index in [1.807, 2.05) is 13.0 Å². The minimum atomic E-state index is -0.370. The highest BCUT2D eigenvalue weighted by atomic mass is 16.5. The molecule has 0 aromatic heterocycles. The summed E-state index contributed by atoms with van der Waals surface area (Å²) in [6.45, 7) is 2.48. The molecule has 1 aromatic carbocycles. The lowest BCUT2D eigenvalue weighted by molar-refractivity contribution is -0.144. The number of amides is 2. The number of nitrogens with one attached hydrogen (secondary N) is 2. The van der Waals surface area contributed by atoms with Gasteiger partial charge in [-0.2, -0.15) is 0 Å².